The van der Waals surface area contributed by atoms with E-state index in [0.717, 1.165) is 17.2 Å². The van der Waals surface area contributed by atoms with Gasteiger partial charge in [0, 0.05) is 0 Å². The van der Waals surface area contributed by atoms with E-state index >= 15 is 0 Å². The molecule has 0 saturated carbocycles. The Bertz CT molecular complexity index is 952. The van der Waals surface area contributed by atoms with E-state index in [1.165, 1.54) is 6.92 Å². The summed E-state index contributed by atoms with van der Waals surface area (Å²) in [6.45, 7) is 0.614. The van der Waals surface area contributed by atoms with Gasteiger partial charge in [0.1, 0.15) is 30.9 Å². The number of aliphatic hydroxyl groups excluding tert-OH is 4. The number of nitrogens with one attached hydrogen (secondary N) is 2. The number of imide groups is 1. The van der Waals surface area contributed by atoms with Crippen molar-refractivity contribution >= 4 is 28.9 Å². The number of hydrogen-bond donors (Lipinski definition) is 8. The van der Waals surface area contributed by atoms with E-state index < -0.39 is 54.9 Å². The van der Waals surface area contributed by atoms with E-state index in [1.807, 2.05) is 5.32 Å². The van der Waals surface area contributed by atoms with Crippen LogP contribution in [0.3, 0.4) is 0 Å². The number of ether oxygens (including phenoxy) is 1. The molecule has 1 aliphatic heterocycles. The number of aliphatic hydroxyl groups is 5. The summed E-state index contributed by atoms with van der Waals surface area (Å²) in [4.78, 5) is 35.5. The van der Waals surface area contributed by atoms with Gasteiger partial charge in [0.05, 0.1) is 12.7 Å². The highest BCUT2D eigenvalue weighted by Gasteiger charge is 2.55. The molecule has 3 amide bonds. The van der Waals surface area contributed by atoms with E-state index in [1.54, 1.807) is 0 Å². The van der Waals surface area contributed by atoms with Gasteiger partial charge in [0.2, 0.25) is 5.91 Å². The maximum absolute atomic E-state index is 12.0. The topological polar surface area (TPSA) is 238 Å². The van der Waals surface area contributed by atoms with Gasteiger partial charge < -0.3 is 36.0 Å². The van der Waals surface area contributed by atoms with Crippen LogP contribution < -0.4 is 16.4 Å². The van der Waals surface area contributed by atoms with Crippen molar-refractivity contribution < 1.29 is 39.9 Å². The highest BCUT2D eigenvalue weighted by Crippen LogP contribution is 2.35. The number of aromatic nitrogens is 4. The van der Waals surface area contributed by atoms with Crippen molar-refractivity contribution in [1.29, 1.82) is 0 Å². The lowest BCUT2D eigenvalue weighted by molar-refractivity contribution is -0.287. The third-order valence-electron chi connectivity index (χ3n) is 4.56. The number of carbonyl (C=O) groups is 2. The van der Waals surface area contributed by atoms with Crippen LogP contribution in [0.25, 0.3) is 11.2 Å². The number of carbonyl (C=O) groups excluding carboxylic acids is 2. The zero-order valence-electron chi connectivity index (χ0n) is 15.6. The third kappa shape index (κ3) is 3.70. The molecule has 0 unspecified atom stereocenters. The number of anilines is 1. The van der Waals surface area contributed by atoms with E-state index in [0.29, 0.717) is 0 Å². The van der Waals surface area contributed by atoms with Gasteiger partial charge in [-0.2, -0.15) is 0 Å². The number of amides is 3. The molecule has 0 bridgehead atoms. The molecule has 3 rings (SSSR count). The fraction of sp³-hybridized carbons (Fsp3) is 0.533. The van der Waals surface area contributed by atoms with Crippen molar-refractivity contribution in [2.75, 3.05) is 11.9 Å². The number of nitrogens with zero attached hydrogens (tertiary/aromatic N) is 4. The monoisotopic (exact) mass is 427 g/mol. The fourth-order valence-electron chi connectivity index (χ4n) is 2.85. The Kier molecular flexibility index (Phi) is 5.95. The summed E-state index contributed by atoms with van der Waals surface area (Å²) in [7, 11) is 0. The van der Waals surface area contributed by atoms with Gasteiger partial charge in [-0.15, -0.1) is 0 Å². The number of rotatable bonds is 5. The van der Waals surface area contributed by atoms with E-state index in [-0.39, 0.29) is 17.0 Å². The van der Waals surface area contributed by atoms with E-state index in [4.69, 9.17) is 10.5 Å². The first kappa shape index (κ1) is 21.9. The van der Waals surface area contributed by atoms with Crippen LogP contribution >= 0.6 is 0 Å². The average molecular weight is 427 g/mol. The van der Waals surface area contributed by atoms with Crippen molar-refractivity contribution in [3.05, 3.63) is 12.7 Å². The van der Waals surface area contributed by atoms with Gasteiger partial charge in [0.25, 0.3) is 5.91 Å². The molecule has 3 heterocycles. The van der Waals surface area contributed by atoms with Crippen LogP contribution in [0.5, 0.6) is 0 Å². The largest absolute Gasteiger partial charge is 0.394 e. The smallest absolute Gasteiger partial charge is 0.327 e. The van der Waals surface area contributed by atoms with Gasteiger partial charge >= 0.3 is 6.03 Å². The first-order valence-electron chi connectivity index (χ1n) is 8.71. The molecular formula is C15H21N7O8. The minimum Gasteiger partial charge on any atom is -0.394 e. The predicted octanol–water partition coefficient (Wildman–Crippen LogP) is -4.10. The summed E-state index contributed by atoms with van der Waals surface area (Å²) in [6, 6.07) is -2.35. The Labute approximate surface area is 168 Å². The van der Waals surface area contributed by atoms with Gasteiger partial charge in [-0.3, -0.25) is 20.0 Å². The van der Waals surface area contributed by atoms with Crippen LogP contribution in [-0.4, -0.2) is 94.1 Å². The summed E-state index contributed by atoms with van der Waals surface area (Å²) >= 11 is 0. The van der Waals surface area contributed by atoms with Gasteiger partial charge in [-0.25, -0.2) is 19.7 Å². The van der Waals surface area contributed by atoms with Gasteiger partial charge in [0.15, 0.2) is 23.1 Å². The lowest BCUT2D eigenvalue weighted by Gasteiger charge is -2.27. The normalized spacial score (nSPS) is 28.3. The summed E-state index contributed by atoms with van der Waals surface area (Å²) in [5.74, 6) is -3.60. The molecule has 6 atom stereocenters. The Hall–Kier alpha value is -2.79. The van der Waals surface area contributed by atoms with Gasteiger partial charge in [-0.05, 0) is 6.92 Å². The average Bonchev–Trinajstić information content (AvgIpc) is 3.23. The van der Waals surface area contributed by atoms with Crippen LogP contribution in [0.15, 0.2) is 12.7 Å². The quantitative estimate of drug-likeness (QED) is 0.227. The second-order valence-electron chi connectivity index (χ2n) is 6.65. The van der Waals surface area contributed by atoms with E-state index in [2.05, 4.69) is 20.3 Å². The maximum atomic E-state index is 12.0. The van der Waals surface area contributed by atoms with Gasteiger partial charge in [-0.1, -0.05) is 0 Å². The van der Waals surface area contributed by atoms with Crippen molar-refractivity contribution in [3.8, 4) is 0 Å². The minimum absolute atomic E-state index is 0.0499. The van der Waals surface area contributed by atoms with Crippen LogP contribution in [0.4, 0.5) is 10.6 Å². The van der Waals surface area contributed by atoms with Crippen LogP contribution in [0, 0.1) is 0 Å². The van der Waals surface area contributed by atoms with Crippen LogP contribution in [-0.2, 0) is 15.4 Å². The predicted molar refractivity (Wildman–Crippen MR) is 96.3 cm³/mol. The number of urea groups is 1. The molecule has 15 nitrogen and oxygen atoms in total. The lowest BCUT2D eigenvalue weighted by atomic mass is 10.1. The Balaban J connectivity index is 1.86. The van der Waals surface area contributed by atoms with E-state index in [9.17, 15) is 35.1 Å². The number of fused-ring (bicyclic) bond motifs is 1. The summed E-state index contributed by atoms with van der Waals surface area (Å²) in [5.41, 5.74) is 5.29. The molecular weight excluding hydrogens is 406 g/mol. The number of hydrogen-bond acceptors (Lipinski definition) is 12. The zero-order chi connectivity index (χ0) is 22.2. The summed E-state index contributed by atoms with van der Waals surface area (Å²) in [5, 5.41) is 53.5. The molecule has 0 aliphatic carbocycles. The highest BCUT2D eigenvalue weighted by molar-refractivity contribution is 6.04. The molecule has 2 aromatic heterocycles. The molecule has 2 aromatic rings. The second kappa shape index (κ2) is 8.15. The van der Waals surface area contributed by atoms with Crippen LogP contribution in [0.2, 0.25) is 0 Å². The molecule has 30 heavy (non-hydrogen) atoms. The second-order valence-corrected chi connectivity index (χ2v) is 6.65. The molecule has 164 valence electrons. The molecule has 1 fully saturated rings. The third-order valence-corrected chi connectivity index (χ3v) is 4.56. The Morgan fingerprint density at radius 1 is 1.37 bits per heavy atom. The van der Waals surface area contributed by atoms with Crippen molar-refractivity contribution in [1.82, 2.24) is 24.8 Å². The molecule has 9 N–H and O–H groups in total. The SMILES string of the molecule is C[C@@H](O)[C@H](N)C(=O)NC(=O)Nc1ncnc2c1ncn2[C@]1(O)O[C@H](CO)[C@@H](O)[C@H]1O. The number of nitrogens with two attached hydrogens (primary N) is 1. The molecule has 0 aromatic carbocycles. The van der Waals surface area contributed by atoms with Crippen molar-refractivity contribution in [2.24, 2.45) is 5.73 Å². The first-order chi connectivity index (χ1) is 14.1. The van der Waals surface area contributed by atoms with Crippen molar-refractivity contribution in [3.63, 3.8) is 0 Å². The zero-order valence-corrected chi connectivity index (χ0v) is 15.6. The standard InChI is InChI=1S/C15H21N7O8/c1-5(24)7(16)13(27)21-14(28)20-11-8-12(18-3-17-11)22(4-19-8)15(29)10(26)9(25)6(2-23)30-15/h3-7,9-10,23-26,29H,2,16H2,1H3,(H2,17,18,20,21,27,28)/t5-,6-,7+,9-,10-,15-/m1/s1. The van der Waals surface area contributed by atoms with Crippen LogP contribution in [0.1, 0.15) is 6.92 Å². The lowest BCUT2D eigenvalue weighted by Crippen LogP contribution is -2.50. The molecule has 15 heteroatoms. The minimum atomic E-state index is -2.50. The highest BCUT2D eigenvalue weighted by atomic mass is 16.7. The molecule has 0 spiro atoms. The summed E-state index contributed by atoms with van der Waals surface area (Å²) in [6.07, 6.45) is -3.86. The fourth-order valence-corrected chi connectivity index (χ4v) is 2.85. The Morgan fingerprint density at radius 2 is 2.07 bits per heavy atom. The molecule has 0 radical (unpaired) electrons. The first-order valence-corrected chi connectivity index (χ1v) is 8.71. The molecule has 1 aliphatic rings. The maximum Gasteiger partial charge on any atom is 0.327 e. The number of imidazole rings is 1. The Morgan fingerprint density at radius 3 is 2.67 bits per heavy atom. The molecule has 1 saturated heterocycles. The summed E-state index contributed by atoms with van der Waals surface area (Å²) < 4.78 is 6.08. The van der Waals surface area contributed by atoms with Crippen molar-refractivity contribution in [2.45, 2.75) is 43.3 Å².